The summed E-state index contributed by atoms with van der Waals surface area (Å²) >= 11 is 0. The Kier molecular flexibility index (Phi) is 8.05. The molecule has 0 saturated heterocycles. The first-order chi connectivity index (χ1) is 18.1. The predicted molar refractivity (Wildman–Crippen MR) is 146 cm³/mol. The fourth-order valence-electron chi connectivity index (χ4n) is 4.08. The minimum absolute atomic E-state index is 0.0251. The van der Waals surface area contributed by atoms with Gasteiger partial charge in [0.25, 0.3) is 0 Å². The molecule has 10 heteroatoms. The second-order valence-corrected chi connectivity index (χ2v) is 11.3. The van der Waals surface area contributed by atoms with Crippen LogP contribution in [0.4, 0.5) is 0 Å². The van der Waals surface area contributed by atoms with Crippen molar-refractivity contribution in [2.45, 2.75) is 18.4 Å². The summed E-state index contributed by atoms with van der Waals surface area (Å²) in [5, 5.41) is 25.7. The molecular formula is C28H32N4O5S. The molecular weight excluding hydrogens is 504 g/mol. The number of aromatic nitrogens is 2. The van der Waals surface area contributed by atoms with Crippen LogP contribution < -0.4 is 4.74 Å². The zero-order valence-corrected chi connectivity index (χ0v) is 22.7. The van der Waals surface area contributed by atoms with Gasteiger partial charge < -0.3 is 19.8 Å². The Morgan fingerprint density at radius 1 is 0.947 bits per heavy atom. The second-order valence-electron chi connectivity index (χ2n) is 9.27. The molecule has 3 aromatic carbocycles. The number of nitrogens with zero attached hydrogens (tertiary/aromatic N) is 4. The monoisotopic (exact) mass is 536 g/mol. The number of aryl methyl sites for hydroxylation is 1. The summed E-state index contributed by atoms with van der Waals surface area (Å²) in [4.78, 5) is 1.67. The van der Waals surface area contributed by atoms with Crippen molar-refractivity contribution in [2.24, 2.45) is 0 Å². The van der Waals surface area contributed by atoms with Crippen LogP contribution in [0.3, 0.4) is 0 Å². The lowest BCUT2D eigenvalue weighted by molar-refractivity contribution is 0.258. The molecule has 9 nitrogen and oxygen atoms in total. The van der Waals surface area contributed by atoms with E-state index in [1.807, 2.05) is 62.3 Å². The van der Waals surface area contributed by atoms with Gasteiger partial charge in [-0.15, -0.1) is 0 Å². The predicted octanol–water partition coefficient (Wildman–Crippen LogP) is 4.02. The Morgan fingerprint density at radius 2 is 1.66 bits per heavy atom. The summed E-state index contributed by atoms with van der Waals surface area (Å²) in [6.07, 6.45) is 1.57. The summed E-state index contributed by atoms with van der Waals surface area (Å²) < 4.78 is 35.9. The number of phenols is 2. The number of benzene rings is 3. The fraction of sp³-hybridized carbons (Fsp3) is 0.250. The SMILES string of the molecule is Cc1ccccc1-n1nccc1-c1cc(S(=O)(=O)N(C)Cc2ccccc2OCCN(C)C)c(O)cc1O. The molecule has 4 rings (SSSR count). The molecule has 0 aliphatic rings. The third kappa shape index (κ3) is 5.67. The molecule has 0 aliphatic carbocycles. The second kappa shape index (κ2) is 11.3. The number of rotatable bonds is 10. The maximum Gasteiger partial charge on any atom is 0.246 e. The van der Waals surface area contributed by atoms with Gasteiger partial charge in [-0.05, 0) is 50.8 Å². The fourth-order valence-corrected chi connectivity index (χ4v) is 5.31. The Morgan fingerprint density at radius 3 is 2.39 bits per heavy atom. The van der Waals surface area contributed by atoms with Crippen molar-refractivity contribution in [3.05, 3.63) is 84.1 Å². The lowest BCUT2D eigenvalue weighted by Gasteiger charge is -2.21. The van der Waals surface area contributed by atoms with E-state index in [0.717, 1.165) is 21.6 Å². The topological polar surface area (TPSA) is 108 Å². The van der Waals surface area contributed by atoms with Crippen LogP contribution in [0.5, 0.6) is 17.2 Å². The third-order valence-corrected chi connectivity index (χ3v) is 8.02. The molecule has 0 bridgehead atoms. The highest BCUT2D eigenvalue weighted by Crippen LogP contribution is 2.39. The van der Waals surface area contributed by atoms with Gasteiger partial charge in [-0.1, -0.05) is 36.4 Å². The van der Waals surface area contributed by atoms with Gasteiger partial charge >= 0.3 is 0 Å². The first-order valence-electron chi connectivity index (χ1n) is 12.1. The van der Waals surface area contributed by atoms with Gasteiger partial charge in [0.2, 0.25) is 10.0 Å². The van der Waals surface area contributed by atoms with Gasteiger partial charge in [0, 0.05) is 37.3 Å². The highest BCUT2D eigenvalue weighted by atomic mass is 32.2. The van der Waals surface area contributed by atoms with Crippen LogP contribution in [-0.2, 0) is 16.6 Å². The van der Waals surface area contributed by atoms with E-state index < -0.39 is 15.8 Å². The minimum atomic E-state index is -4.16. The average molecular weight is 537 g/mol. The summed E-state index contributed by atoms with van der Waals surface area (Å²) in [6, 6.07) is 18.9. The quantitative estimate of drug-likeness (QED) is 0.315. The van der Waals surface area contributed by atoms with Gasteiger partial charge in [-0.25, -0.2) is 13.1 Å². The van der Waals surface area contributed by atoms with Crippen molar-refractivity contribution < 1.29 is 23.4 Å². The zero-order chi connectivity index (χ0) is 27.4. The number of likely N-dealkylation sites (N-methyl/N-ethyl adjacent to an activating group) is 1. The van der Waals surface area contributed by atoms with Crippen LogP contribution in [0, 0.1) is 6.92 Å². The third-order valence-electron chi connectivity index (χ3n) is 6.19. The van der Waals surface area contributed by atoms with Crippen molar-refractivity contribution in [3.63, 3.8) is 0 Å². The number of phenolic OH excluding ortho intramolecular Hbond substituents is 2. The molecule has 0 atom stereocenters. The van der Waals surface area contributed by atoms with E-state index in [2.05, 4.69) is 5.10 Å². The number of hydrogen-bond acceptors (Lipinski definition) is 7. The van der Waals surface area contributed by atoms with Crippen molar-refractivity contribution >= 4 is 10.0 Å². The van der Waals surface area contributed by atoms with Crippen molar-refractivity contribution in [1.29, 1.82) is 0 Å². The largest absolute Gasteiger partial charge is 0.507 e. The number of para-hydroxylation sites is 2. The Hall–Kier alpha value is -3.86. The molecule has 38 heavy (non-hydrogen) atoms. The Labute approximate surface area is 223 Å². The normalized spacial score (nSPS) is 11.8. The van der Waals surface area contributed by atoms with Crippen LogP contribution in [0.2, 0.25) is 0 Å². The molecule has 0 aliphatic heterocycles. The van der Waals surface area contributed by atoms with Crippen LogP contribution in [0.1, 0.15) is 11.1 Å². The highest BCUT2D eigenvalue weighted by molar-refractivity contribution is 7.89. The Bertz CT molecular complexity index is 1530. The number of ether oxygens (including phenoxy) is 1. The van der Waals surface area contributed by atoms with E-state index in [4.69, 9.17) is 4.74 Å². The molecule has 0 amide bonds. The smallest absolute Gasteiger partial charge is 0.246 e. The molecule has 1 aromatic heterocycles. The molecule has 0 spiro atoms. The number of sulfonamides is 1. The zero-order valence-electron chi connectivity index (χ0n) is 21.9. The van der Waals surface area contributed by atoms with Crippen LogP contribution in [-0.4, -0.2) is 71.9 Å². The van der Waals surface area contributed by atoms with Gasteiger partial charge in [0.05, 0.1) is 17.6 Å². The molecule has 0 saturated carbocycles. The minimum Gasteiger partial charge on any atom is -0.507 e. The van der Waals surface area contributed by atoms with Crippen molar-refractivity contribution in [3.8, 4) is 34.2 Å². The molecule has 0 unspecified atom stereocenters. The Balaban J connectivity index is 1.68. The molecule has 200 valence electrons. The van der Waals surface area contributed by atoms with Gasteiger partial charge in [0.15, 0.2) is 0 Å². The van der Waals surface area contributed by atoms with Crippen LogP contribution >= 0.6 is 0 Å². The molecule has 0 radical (unpaired) electrons. The van der Waals surface area contributed by atoms with E-state index in [1.165, 1.54) is 13.1 Å². The van der Waals surface area contributed by atoms with E-state index in [9.17, 15) is 18.6 Å². The van der Waals surface area contributed by atoms with Crippen molar-refractivity contribution in [1.82, 2.24) is 19.0 Å². The maximum absolute atomic E-state index is 13.6. The first kappa shape index (κ1) is 27.2. The first-order valence-corrected chi connectivity index (χ1v) is 13.5. The van der Waals surface area contributed by atoms with Gasteiger partial charge in [-0.3, -0.25) is 0 Å². The standard InChI is InChI=1S/C28H32N4O5S/c1-20-9-5-7-11-23(20)32-24(13-14-29-32)22-17-28(26(34)18-25(22)33)38(35,36)31(4)19-21-10-6-8-12-27(21)37-16-15-30(2)3/h5-14,17-18,33-34H,15-16,19H2,1-4H3. The summed E-state index contributed by atoms with van der Waals surface area (Å²) in [6.45, 7) is 3.13. The molecule has 0 fully saturated rings. The van der Waals surface area contributed by atoms with Crippen LogP contribution in [0.25, 0.3) is 16.9 Å². The van der Waals surface area contributed by atoms with E-state index in [-0.39, 0.29) is 22.8 Å². The van der Waals surface area contributed by atoms with E-state index >= 15 is 0 Å². The van der Waals surface area contributed by atoms with Crippen molar-refractivity contribution in [2.75, 3.05) is 34.3 Å². The molecule has 2 N–H and O–H groups in total. The lowest BCUT2D eigenvalue weighted by Crippen LogP contribution is -2.27. The molecule has 4 aromatic rings. The van der Waals surface area contributed by atoms with Crippen LogP contribution in [0.15, 0.2) is 77.8 Å². The maximum atomic E-state index is 13.6. The van der Waals surface area contributed by atoms with Gasteiger partial charge in [-0.2, -0.15) is 9.40 Å². The lowest BCUT2D eigenvalue weighted by atomic mass is 10.1. The summed E-state index contributed by atoms with van der Waals surface area (Å²) in [5.74, 6) is -0.219. The van der Waals surface area contributed by atoms with E-state index in [0.29, 0.717) is 30.2 Å². The summed E-state index contributed by atoms with van der Waals surface area (Å²) in [5.41, 5.74) is 3.13. The average Bonchev–Trinajstić information content (AvgIpc) is 3.34. The summed E-state index contributed by atoms with van der Waals surface area (Å²) in [7, 11) is 1.18. The number of hydrogen-bond donors (Lipinski definition) is 2. The number of aromatic hydroxyl groups is 2. The highest BCUT2D eigenvalue weighted by Gasteiger charge is 2.28. The molecule has 1 heterocycles. The van der Waals surface area contributed by atoms with E-state index in [1.54, 1.807) is 29.1 Å². The van der Waals surface area contributed by atoms with Gasteiger partial charge in [0.1, 0.15) is 28.8 Å².